The van der Waals surface area contributed by atoms with E-state index in [1.807, 2.05) is 0 Å². The van der Waals surface area contributed by atoms with E-state index in [1.54, 1.807) is 6.07 Å². The van der Waals surface area contributed by atoms with Crippen LogP contribution < -0.4 is 15.4 Å². The fraction of sp³-hybridized carbons (Fsp3) is 0.462. The lowest BCUT2D eigenvalue weighted by Gasteiger charge is -2.18. The molecular formula is C13H15F3N2OS. The molecule has 1 saturated carbocycles. The molecule has 3 nitrogen and oxygen atoms in total. The van der Waals surface area contributed by atoms with Gasteiger partial charge in [0.2, 0.25) is 0 Å². The summed E-state index contributed by atoms with van der Waals surface area (Å²) in [4.78, 5) is 0. The molecule has 0 saturated heterocycles. The SMILES string of the molecule is FC(F)(F)Oc1ccccc1NC(=S)NC1CCCC1. The largest absolute Gasteiger partial charge is 0.573 e. The Balaban J connectivity index is 1.99. The summed E-state index contributed by atoms with van der Waals surface area (Å²) in [5.41, 5.74) is 0.195. The molecule has 20 heavy (non-hydrogen) atoms. The minimum absolute atomic E-state index is 0.195. The fourth-order valence-electron chi connectivity index (χ4n) is 2.20. The topological polar surface area (TPSA) is 33.3 Å². The van der Waals surface area contributed by atoms with Crippen LogP contribution in [0.15, 0.2) is 24.3 Å². The van der Waals surface area contributed by atoms with E-state index in [0.29, 0.717) is 11.2 Å². The number of rotatable bonds is 3. The van der Waals surface area contributed by atoms with E-state index in [-0.39, 0.29) is 11.4 Å². The highest BCUT2D eigenvalue weighted by Crippen LogP contribution is 2.30. The van der Waals surface area contributed by atoms with Gasteiger partial charge in [0, 0.05) is 6.04 Å². The van der Waals surface area contributed by atoms with Crippen LogP contribution in [0, 0.1) is 0 Å². The Bertz CT molecular complexity index is 473. The van der Waals surface area contributed by atoms with Gasteiger partial charge >= 0.3 is 6.36 Å². The molecule has 0 heterocycles. The number of thiocarbonyl (C=S) groups is 1. The first-order valence-electron chi connectivity index (χ1n) is 6.36. The van der Waals surface area contributed by atoms with E-state index in [2.05, 4.69) is 15.4 Å². The zero-order chi connectivity index (χ0) is 14.6. The third kappa shape index (κ3) is 4.56. The lowest BCUT2D eigenvalue weighted by molar-refractivity contribution is -0.274. The van der Waals surface area contributed by atoms with Gasteiger partial charge in [0.05, 0.1) is 5.69 Å². The van der Waals surface area contributed by atoms with Gasteiger partial charge in [-0.2, -0.15) is 0 Å². The first-order chi connectivity index (χ1) is 9.44. The average Bonchev–Trinajstić information content (AvgIpc) is 2.82. The molecular weight excluding hydrogens is 289 g/mol. The summed E-state index contributed by atoms with van der Waals surface area (Å²) in [5.74, 6) is -0.296. The molecule has 1 aromatic rings. The summed E-state index contributed by atoms with van der Waals surface area (Å²) in [5, 5.41) is 6.17. The molecule has 1 aliphatic carbocycles. The van der Waals surface area contributed by atoms with Gasteiger partial charge in [-0.1, -0.05) is 25.0 Å². The van der Waals surface area contributed by atoms with Crippen molar-refractivity contribution in [3.8, 4) is 5.75 Å². The van der Waals surface area contributed by atoms with E-state index in [0.717, 1.165) is 25.7 Å². The zero-order valence-electron chi connectivity index (χ0n) is 10.7. The molecule has 0 amide bonds. The maximum atomic E-state index is 12.3. The van der Waals surface area contributed by atoms with Crippen molar-refractivity contribution in [2.75, 3.05) is 5.32 Å². The summed E-state index contributed by atoms with van der Waals surface area (Å²) in [7, 11) is 0. The summed E-state index contributed by atoms with van der Waals surface area (Å²) < 4.78 is 40.8. The Morgan fingerprint density at radius 2 is 1.85 bits per heavy atom. The minimum Gasteiger partial charge on any atom is -0.404 e. The number of alkyl halides is 3. The quantitative estimate of drug-likeness (QED) is 0.832. The minimum atomic E-state index is -4.72. The number of benzene rings is 1. The molecule has 110 valence electrons. The molecule has 0 radical (unpaired) electrons. The Labute approximate surface area is 120 Å². The molecule has 0 spiro atoms. The van der Waals surface area contributed by atoms with Crippen molar-refractivity contribution in [1.29, 1.82) is 0 Å². The maximum absolute atomic E-state index is 12.3. The highest BCUT2D eigenvalue weighted by molar-refractivity contribution is 7.80. The molecule has 0 aromatic heterocycles. The highest BCUT2D eigenvalue weighted by atomic mass is 32.1. The number of halogens is 3. The van der Waals surface area contributed by atoms with Gasteiger partial charge in [-0.05, 0) is 37.2 Å². The zero-order valence-corrected chi connectivity index (χ0v) is 11.5. The monoisotopic (exact) mass is 304 g/mol. The fourth-order valence-corrected chi connectivity index (χ4v) is 2.47. The number of hydrogen-bond acceptors (Lipinski definition) is 2. The molecule has 0 aliphatic heterocycles. The summed E-state index contributed by atoms with van der Waals surface area (Å²) in [6.07, 6.45) is -0.370. The van der Waals surface area contributed by atoms with Crippen LogP contribution >= 0.6 is 12.2 Å². The maximum Gasteiger partial charge on any atom is 0.573 e. The van der Waals surface area contributed by atoms with Crippen LogP contribution in [-0.4, -0.2) is 17.5 Å². The number of hydrogen-bond donors (Lipinski definition) is 2. The molecule has 1 aromatic carbocycles. The second kappa shape index (κ2) is 6.30. The summed E-state index contributed by atoms with van der Waals surface area (Å²) in [6, 6.07) is 6.12. The predicted molar refractivity (Wildman–Crippen MR) is 74.7 cm³/mol. The summed E-state index contributed by atoms with van der Waals surface area (Å²) >= 11 is 5.11. The van der Waals surface area contributed by atoms with Gasteiger partial charge in [0.1, 0.15) is 0 Å². The number of para-hydroxylation sites is 2. The van der Waals surface area contributed by atoms with E-state index in [1.165, 1.54) is 18.2 Å². The van der Waals surface area contributed by atoms with Crippen LogP contribution in [0.3, 0.4) is 0 Å². The standard InChI is InChI=1S/C13H15F3N2OS/c14-13(15,16)19-11-8-4-3-7-10(11)18-12(20)17-9-5-1-2-6-9/h3-4,7-9H,1-2,5-6H2,(H2,17,18,20). The third-order valence-electron chi connectivity index (χ3n) is 3.05. The normalized spacial score (nSPS) is 15.9. The van der Waals surface area contributed by atoms with Gasteiger partial charge < -0.3 is 15.4 Å². The molecule has 1 aliphatic rings. The second-order valence-corrected chi connectivity index (χ2v) is 5.03. The van der Waals surface area contributed by atoms with Crippen LogP contribution in [-0.2, 0) is 0 Å². The number of nitrogens with one attached hydrogen (secondary N) is 2. The van der Waals surface area contributed by atoms with Crippen LogP contribution in [0.25, 0.3) is 0 Å². The smallest absolute Gasteiger partial charge is 0.404 e. The van der Waals surface area contributed by atoms with Gasteiger partial charge in [-0.25, -0.2) is 0 Å². The van der Waals surface area contributed by atoms with Gasteiger partial charge in [-0.3, -0.25) is 0 Å². The molecule has 7 heteroatoms. The van der Waals surface area contributed by atoms with Crippen molar-refractivity contribution in [1.82, 2.24) is 5.32 Å². The van der Waals surface area contributed by atoms with E-state index in [9.17, 15) is 13.2 Å². The molecule has 0 atom stereocenters. The van der Waals surface area contributed by atoms with Crippen LogP contribution in [0.2, 0.25) is 0 Å². The van der Waals surface area contributed by atoms with Crippen LogP contribution in [0.4, 0.5) is 18.9 Å². The Hall–Kier alpha value is -1.50. The number of anilines is 1. The van der Waals surface area contributed by atoms with Gasteiger partial charge in [0.25, 0.3) is 0 Å². The third-order valence-corrected chi connectivity index (χ3v) is 3.27. The molecule has 1 fully saturated rings. The average molecular weight is 304 g/mol. The van der Waals surface area contributed by atoms with Crippen molar-refractivity contribution < 1.29 is 17.9 Å². The van der Waals surface area contributed by atoms with E-state index >= 15 is 0 Å². The Kier molecular flexibility index (Phi) is 4.69. The van der Waals surface area contributed by atoms with Crippen LogP contribution in [0.1, 0.15) is 25.7 Å². The first-order valence-corrected chi connectivity index (χ1v) is 6.77. The highest BCUT2D eigenvalue weighted by Gasteiger charge is 2.32. The van der Waals surface area contributed by atoms with E-state index in [4.69, 9.17) is 12.2 Å². The Morgan fingerprint density at radius 3 is 2.50 bits per heavy atom. The first kappa shape index (κ1) is 14.9. The second-order valence-electron chi connectivity index (χ2n) is 4.62. The van der Waals surface area contributed by atoms with Crippen molar-refractivity contribution >= 4 is 23.0 Å². The van der Waals surface area contributed by atoms with E-state index < -0.39 is 6.36 Å². The lowest BCUT2D eigenvalue weighted by atomic mass is 10.2. The van der Waals surface area contributed by atoms with Crippen molar-refractivity contribution in [2.24, 2.45) is 0 Å². The number of ether oxygens (including phenoxy) is 1. The molecule has 2 N–H and O–H groups in total. The Morgan fingerprint density at radius 1 is 1.20 bits per heavy atom. The predicted octanol–water partition coefficient (Wildman–Crippen LogP) is 3.81. The molecule has 2 rings (SSSR count). The van der Waals surface area contributed by atoms with Gasteiger partial charge in [0.15, 0.2) is 10.9 Å². The lowest BCUT2D eigenvalue weighted by Crippen LogP contribution is -2.36. The molecule has 0 unspecified atom stereocenters. The van der Waals surface area contributed by atoms with Crippen molar-refractivity contribution in [2.45, 2.75) is 38.1 Å². The summed E-state index contributed by atoms with van der Waals surface area (Å²) in [6.45, 7) is 0. The van der Waals surface area contributed by atoms with Crippen LogP contribution in [0.5, 0.6) is 5.75 Å². The van der Waals surface area contributed by atoms with Crippen molar-refractivity contribution in [3.05, 3.63) is 24.3 Å². The van der Waals surface area contributed by atoms with Crippen molar-refractivity contribution in [3.63, 3.8) is 0 Å². The molecule has 0 bridgehead atoms. The van der Waals surface area contributed by atoms with Gasteiger partial charge in [-0.15, -0.1) is 13.2 Å².